The molecule has 0 radical (unpaired) electrons. The van der Waals surface area contributed by atoms with Crippen LogP contribution in [0.3, 0.4) is 0 Å². The van der Waals surface area contributed by atoms with E-state index < -0.39 is 7.82 Å². The molecule has 0 fully saturated rings. The molecule has 2 rings (SSSR count). The molecule has 1 unspecified atom stereocenters. The first kappa shape index (κ1) is 23.5. The highest BCUT2D eigenvalue weighted by molar-refractivity contribution is 7.49. The van der Waals surface area contributed by atoms with Gasteiger partial charge in [0.2, 0.25) is 0 Å². The fourth-order valence-electron chi connectivity index (χ4n) is 3.48. The summed E-state index contributed by atoms with van der Waals surface area (Å²) in [7, 11) is -3.94. The Morgan fingerprint density at radius 2 is 1.34 bits per heavy atom. The fraction of sp³-hybridized carbons (Fsp3) is 0.478. The van der Waals surface area contributed by atoms with E-state index in [1.54, 1.807) is 24.3 Å². The Morgan fingerprint density at radius 3 is 1.79 bits per heavy atom. The van der Waals surface area contributed by atoms with Gasteiger partial charge in [-0.25, -0.2) is 4.57 Å². The van der Waals surface area contributed by atoms with Gasteiger partial charge >= 0.3 is 7.82 Å². The van der Waals surface area contributed by atoms with Crippen LogP contribution in [0.25, 0.3) is 0 Å². The monoisotopic (exact) mass is 420 g/mol. The molecule has 0 bridgehead atoms. The van der Waals surface area contributed by atoms with Crippen LogP contribution in [0.15, 0.2) is 48.5 Å². The van der Waals surface area contributed by atoms with E-state index in [0.717, 1.165) is 12.0 Å². The number of aliphatic hydroxyl groups is 1. The standard InChI is InChI=1S/C23H33O5P/c1-18-7-11-20(12-8-18)27-29(25,26-16-15-24)28-21-13-9-19(10-14-21)23(5,6)17-22(2,3)4/h7-14,24H,15-17H2,1-6H3. The molecule has 0 aliphatic heterocycles. The molecule has 1 atom stereocenters. The van der Waals surface area contributed by atoms with Gasteiger partial charge in [0.25, 0.3) is 0 Å². The highest BCUT2D eigenvalue weighted by Gasteiger charge is 2.31. The second-order valence-corrected chi connectivity index (χ2v) is 10.7. The Bertz CT molecular complexity index is 820. The van der Waals surface area contributed by atoms with E-state index >= 15 is 0 Å². The van der Waals surface area contributed by atoms with Crippen molar-refractivity contribution in [2.45, 2.75) is 53.4 Å². The molecule has 2 aromatic carbocycles. The summed E-state index contributed by atoms with van der Waals surface area (Å²) in [5.74, 6) is 0.758. The number of phosphoric ester groups is 1. The Kier molecular flexibility index (Phi) is 7.56. The fourth-order valence-corrected chi connectivity index (χ4v) is 4.68. The number of rotatable bonds is 9. The topological polar surface area (TPSA) is 65.0 Å². The van der Waals surface area contributed by atoms with Crippen LogP contribution in [0, 0.1) is 12.3 Å². The maximum Gasteiger partial charge on any atom is 0.587 e. The number of hydrogen-bond acceptors (Lipinski definition) is 5. The molecular weight excluding hydrogens is 387 g/mol. The quantitative estimate of drug-likeness (QED) is 0.483. The van der Waals surface area contributed by atoms with Crippen LogP contribution >= 0.6 is 7.82 Å². The summed E-state index contributed by atoms with van der Waals surface area (Å²) in [5, 5.41) is 9.06. The predicted molar refractivity (Wildman–Crippen MR) is 117 cm³/mol. The molecule has 2 aromatic rings. The van der Waals surface area contributed by atoms with Crippen LogP contribution in [0.5, 0.6) is 11.5 Å². The molecule has 0 saturated carbocycles. The van der Waals surface area contributed by atoms with Crippen LogP contribution < -0.4 is 9.05 Å². The smallest absolute Gasteiger partial charge is 0.395 e. The third-order valence-corrected chi connectivity index (χ3v) is 5.77. The lowest BCUT2D eigenvalue weighted by molar-refractivity contribution is 0.159. The third-order valence-electron chi connectivity index (χ3n) is 4.40. The highest BCUT2D eigenvalue weighted by atomic mass is 31.2. The summed E-state index contributed by atoms with van der Waals surface area (Å²) in [4.78, 5) is 0. The Balaban J connectivity index is 2.18. The Hall–Kier alpha value is -1.81. The van der Waals surface area contributed by atoms with Crippen molar-refractivity contribution in [1.82, 2.24) is 0 Å². The number of benzene rings is 2. The zero-order chi connectivity index (χ0) is 21.7. The molecular formula is C23H33O5P. The maximum absolute atomic E-state index is 13.1. The molecule has 1 N–H and O–H groups in total. The van der Waals surface area contributed by atoms with Crippen LogP contribution in [0.2, 0.25) is 0 Å². The number of hydrogen-bond donors (Lipinski definition) is 1. The molecule has 0 aliphatic carbocycles. The van der Waals surface area contributed by atoms with Crippen molar-refractivity contribution in [1.29, 1.82) is 0 Å². The van der Waals surface area contributed by atoms with E-state index in [2.05, 4.69) is 34.6 Å². The SMILES string of the molecule is Cc1ccc(OP(=O)(OCCO)Oc2ccc(C(C)(C)CC(C)(C)C)cc2)cc1. The zero-order valence-electron chi connectivity index (χ0n) is 18.3. The van der Waals surface area contributed by atoms with E-state index in [1.807, 2.05) is 31.2 Å². The first-order valence-corrected chi connectivity index (χ1v) is 11.3. The van der Waals surface area contributed by atoms with Gasteiger partial charge in [0.15, 0.2) is 0 Å². The van der Waals surface area contributed by atoms with Gasteiger partial charge in [0, 0.05) is 0 Å². The lowest BCUT2D eigenvalue weighted by Gasteiger charge is -2.33. The van der Waals surface area contributed by atoms with Crippen LogP contribution in [-0.4, -0.2) is 18.3 Å². The minimum atomic E-state index is -3.94. The first-order valence-electron chi connectivity index (χ1n) is 9.84. The van der Waals surface area contributed by atoms with Gasteiger partial charge in [-0.05, 0) is 54.0 Å². The molecule has 160 valence electrons. The predicted octanol–water partition coefficient (Wildman–Crippen LogP) is 6.28. The zero-order valence-corrected chi connectivity index (χ0v) is 19.2. The average Bonchev–Trinajstić information content (AvgIpc) is 2.60. The second kappa shape index (κ2) is 9.34. The molecule has 0 saturated heterocycles. The number of phosphoric acid groups is 1. The lowest BCUT2D eigenvalue weighted by Crippen LogP contribution is -2.24. The van der Waals surface area contributed by atoms with E-state index in [4.69, 9.17) is 18.7 Å². The molecule has 0 amide bonds. The minimum Gasteiger partial charge on any atom is -0.395 e. The molecule has 5 nitrogen and oxygen atoms in total. The summed E-state index contributed by atoms with van der Waals surface area (Å²) in [6, 6.07) is 14.6. The van der Waals surface area contributed by atoms with Crippen molar-refractivity contribution < 1.29 is 23.2 Å². The average molecular weight is 420 g/mol. The highest BCUT2D eigenvalue weighted by Crippen LogP contribution is 2.49. The van der Waals surface area contributed by atoms with Crippen molar-refractivity contribution in [2.24, 2.45) is 5.41 Å². The van der Waals surface area contributed by atoms with E-state index in [-0.39, 0.29) is 24.0 Å². The summed E-state index contributed by atoms with van der Waals surface area (Å²) in [5.41, 5.74) is 2.42. The van der Waals surface area contributed by atoms with Crippen molar-refractivity contribution in [3.63, 3.8) is 0 Å². The van der Waals surface area contributed by atoms with Crippen molar-refractivity contribution >= 4 is 7.82 Å². The third kappa shape index (κ3) is 7.50. The number of aryl methyl sites for hydroxylation is 1. The van der Waals surface area contributed by atoms with E-state index in [1.165, 1.54) is 5.56 Å². The van der Waals surface area contributed by atoms with Crippen molar-refractivity contribution in [3.05, 3.63) is 59.7 Å². The van der Waals surface area contributed by atoms with E-state index in [9.17, 15) is 4.57 Å². The Labute approximate surface area is 174 Å². The van der Waals surface area contributed by atoms with Gasteiger partial charge in [-0.15, -0.1) is 0 Å². The van der Waals surface area contributed by atoms with Gasteiger partial charge in [0.1, 0.15) is 11.5 Å². The molecule has 29 heavy (non-hydrogen) atoms. The number of aliphatic hydroxyl groups excluding tert-OH is 1. The molecule has 0 aromatic heterocycles. The maximum atomic E-state index is 13.1. The lowest BCUT2D eigenvalue weighted by atomic mass is 9.72. The van der Waals surface area contributed by atoms with Crippen LogP contribution in [-0.2, 0) is 14.5 Å². The minimum absolute atomic E-state index is 0.00768. The van der Waals surface area contributed by atoms with Gasteiger partial charge in [-0.1, -0.05) is 64.4 Å². The summed E-state index contributed by atoms with van der Waals surface area (Å²) in [6.07, 6.45) is 1.02. The summed E-state index contributed by atoms with van der Waals surface area (Å²) >= 11 is 0. The largest absolute Gasteiger partial charge is 0.587 e. The van der Waals surface area contributed by atoms with Crippen molar-refractivity contribution in [2.75, 3.05) is 13.2 Å². The van der Waals surface area contributed by atoms with Crippen LogP contribution in [0.1, 0.15) is 52.2 Å². The first-order chi connectivity index (χ1) is 13.4. The van der Waals surface area contributed by atoms with Gasteiger partial charge in [-0.2, -0.15) is 0 Å². The molecule has 0 heterocycles. The summed E-state index contributed by atoms with van der Waals surface area (Å²) < 4.78 is 29.5. The molecule has 0 aliphatic rings. The van der Waals surface area contributed by atoms with Gasteiger partial charge in [0.05, 0.1) is 13.2 Å². The van der Waals surface area contributed by atoms with Crippen molar-refractivity contribution in [3.8, 4) is 11.5 Å². The van der Waals surface area contributed by atoms with Gasteiger partial charge < -0.3 is 14.2 Å². The second-order valence-electron chi connectivity index (χ2n) is 9.15. The Morgan fingerprint density at radius 1 is 0.862 bits per heavy atom. The summed E-state index contributed by atoms with van der Waals surface area (Å²) in [6.45, 7) is 12.6. The molecule has 6 heteroatoms. The van der Waals surface area contributed by atoms with E-state index in [0.29, 0.717) is 11.5 Å². The normalized spacial score (nSPS) is 14.3. The molecule has 0 spiro atoms. The van der Waals surface area contributed by atoms with Crippen LogP contribution in [0.4, 0.5) is 0 Å². The van der Waals surface area contributed by atoms with Gasteiger partial charge in [-0.3, -0.25) is 4.52 Å².